The van der Waals surface area contributed by atoms with E-state index in [1.807, 2.05) is 42.5 Å². The molecule has 0 bridgehead atoms. The summed E-state index contributed by atoms with van der Waals surface area (Å²) in [4.78, 5) is 35.0. The molecule has 3 rings (SSSR count). The molecule has 1 N–H and O–H groups in total. The molecule has 0 aliphatic rings. The number of nitro groups is 1. The van der Waals surface area contributed by atoms with Gasteiger partial charge in [0.1, 0.15) is 11.3 Å². The van der Waals surface area contributed by atoms with Gasteiger partial charge in [-0.05, 0) is 17.7 Å². The number of nitrogens with one attached hydrogen (secondary N) is 1. The third-order valence-corrected chi connectivity index (χ3v) is 4.23. The molecule has 3 aromatic carbocycles. The van der Waals surface area contributed by atoms with E-state index in [-0.39, 0.29) is 17.0 Å². The molecule has 0 atom stereocenters. The molecule has 8 heteroatoms. The van der Waals surface area contributed by atoms with E-state index in [9.17, 15) is 19.7 Å². The van der Waals surface area contributed by atoms with Gasteiger partial charge in [0.25, 0.3) is 11.6 Å². The molecule has 0 aromatic heterocycles. The fourth-order valence-electron chi connectivity index (χ4n) is 2.83. The number of carbonyl (C=O) groups is 2. The van der Waals surface area contributed by atoms with Gasteiger partial charge in [-0.25, -0.2) is 4.79 Å². The first-order chi connectivity index (χ1) is 14.5. The summed E-state index contributed by atoms with van der Waals surface area (Å²) >= 11 is 0. The van der Waals surface area contributed by atoms with Gasteiger partial charge in [0.2, 0.25) is 0 Å². The van der Waals surface area contributed by atoms with Gasteiger partial charge in [0.05, 0.1) is 12.0 Å². The summed E-state index contributed by atoms with van der Waals surface area (Å²) < 4.78 is 10.1. The van der Waals surface area contributed by atoms with E-state index in [0.717, 1.165) is 17.2 Å². The number of ether oxygens (including phenoxy) is 2. The largest absolute Gasteiger partial charge is 0.496 e. The van der Waals surface area contributed by atoms with E-state index in [4.69, 9.17) is 9.47 Å². The molecule has 0 aliphatic heterocycles. The molecular formula is C22H18N2O6. The number of hydrogen-bond acceptors (Lipinski definition) is 6. The van der Waals surface area contributed by atoms with Crippen LogP contribution in [0.2, 0.25) is 0 Å². The molecule has 0 spiro atoms. The summed E-state index contributed by atoms with van der Waals surface area (Å²) in [5.74, 6) is -1.33. The lowest BCUT2D eigenvalue weighted by molar-refractivity contribution is -0.384. The van der Waals surface area contributed by atoms with Crippen LogP contribution in [-0.2, 0) is 9.53 Å². The van der Waals surface area contributed by atoms with Crippen LogP contribution in [0.5, 0.6) is 5.75 Å². The highest BCUT2D eigenvalue weighted by molar-refractivity contribution is 5.99. The van der Waals surface area contributed by atoms with E-state index in [2.05, 4.69) is 5.32 Å². The molecule has 3 aromatic rings. The lowest BCUT2D eigenvalue weighted by atomic mass is 10.0. The Morgan fingerprint density at radius 1 is 1.00 bits per heavy atom. The summed E-state index contributed by atoms with van der Waals surface area (Å²) in [5, 5.41) is 13.7. The number of para-hydroxylation sites is 1. The lowest BCUT2D eigenvalue weighted by Crippen LogP contribution is -2.21. The van der Waals surface area contributed by atoms with E-state index >= 15 is 0 Å². The summed E-state index contributed by atoms with van der Waals surface area (Å²) in [6.45, 7) is -0.562. The summed E-state index contributed by atoms with van der Waals surface area (Å²) in [6, 6.07) is 20.3. The van der Waals surface area contributed by atoms with Gasteiger partial charge in [-0.2, -0.15) is 0 Å². The summed E-state index contributed by atoms with van der Waals surface area (Å²) in [6.07, 6.45) is 0. The first-order valence-electron chi connectivity index (χ1n) is 8.93. The number of methoxy groups -OCH3 is 1. The molecule has 0 radical (unpaired) electrons. The number of anilines is 1. The maximum absolute atomic E-state index is 12.3. The van der Waals surface area contributed by atoms with Crippen molar-refractivity contribution < 1.29 is 24.0 Å². The minimum absolute atomic E-state index is 0.112. The third-order valence-electron chi connectivity index (χ3n) is 4.23. The van der Waals surface area contributed by atoms with Gasteiger partial charge < -0.3 is 14.8 Å². The van der Waals surface area contributed by atoms with Crippen molar-refractivity contribution in [2.75, 3.05) is 19.0 Å². The van der Waals surface area contributed by atoms with Crippen LogP contribution < -0.4 is 10.1 Å². The highest BCUT2D eigenvalue weighted by Gasteiger charge is 2.20. The van der Waals surface area contributed by atoms with Crippen LogP contribution in [0.15, 0.2) is 72.8 Å². The van der Waals surface area contributed by atoms with Crippen LogP contribution in [0.3, 0.4) is 0 Å². The maximum atomic E-state index is 12.3. The van der Waals surface area contributed by atoms with Gasteiger partial charge in [0, 0.05) is 23.4 Å². The monoisotopic (exact) mass is 406 g/mol. The van der Waals surface area contributed by atoms with Gasteiger partial charge in [-0.3, -0.25) is 14.9 Å². The normalized spacial score (nSPS) is 10.2. The number of nitro benzene ring substituents is 1. The maximum Gasteiger partial charge on any atom is 0.342 e. The van der Waals surface area contributed by atoms with Crippen molar-refractivity contribution in [2.24, 2.45) is 0 Å². The smallest absolute Gasteiger partial charge is 0.342 e. The number of amides is 1. The summed E-state index contributed by atoms with van der Waals surface area (Å²) in [5.41, 5.74) is 1.88. The second-order valence-corrected chi connectivity index (χ2v) is 6.18. The predicted octanol–water partition coefficient (Wildman–Crippen LogP) is 4.07. The molecule has 0 saturated carbocycles. The molecule has 0 heterocycles. The van der Waals surface area contributed by atoms with Crippen molar-refractivity contribution in [2.45, 2.75) is 0 Å². The fourth-order valence-corrected chi connectivity index (χ4v) is 2.83. The number of non-ortho nitro benzene ring substituents is 1. The van der Waals surface area contributed by atoms with Crippen LogP contribution in [0.1, 0.15) is 10.4 Å². The quantitative estimate of drug-likeness (QED) is 0.360. The van der Waals surface area contributed by atoms with Gasteiger partial charge in [-0.15, -0.1) is 0 Å². The van der Waals surface area contributed by atoms with Gasteiger partial charge in [0.15, 0.2) is 6.61 Å². The molecule has 30 heavy (non-hydrogen) atoms. The van der Waals surface area contributed by atoms with Crippen LogP contribution in [0.25, 0.3) is 11.1 Å². The van der Waals surface area contributed by atoms with Crippen molar-refractivity contribution in [1.29, 1.82) is 0 Å². The second-order valence-electron chi connectivity index (χ2n) is 6.18. The number of hydrogen-bond donors (Lipinski definition) is 1. The zero-order chi connectivity index (χ0) is 21.5. The van der Waals surface area contributed by atoms with E-state index in [1.54, 1.807) is 12.1 Å². The second kappa shape index (κ2) is 9.33. The Bertz CT molecular complexity index is 1080. The molecule has 0 unspecified atom stereocenters. The van der Waals surface area contributed by atoms with Crippen LogP contribution in [-0.4, -0.2) is 30.5 Å². The Morgan fingerprint density at radius 3 is 2.40 bits per heavy atom. The third kappa shape index (κ3) is 4.79. The SMILES string of the molecule is COc1ccc([N+](=O)[O-])cc1C(=O)OCC(=O)Nc1ccccc1-c1ccccc1. The topological polar surface area (TPSA) is 108 Å². The lowest BCUT2D eigenvalue weighted by Gasteiger charge is -2.12. The van der Waals surface area contributed by atoms with E-state index < -0.39 is 23.4 Å². The first-order valence-corrected chi connectivity index (χ1v) is 8.93. The van der Waals surface area contributed by atoms with Gasteiger partial charge in [-0.1, -0.05) is 48.5 Å². The Balaban J connectivity index is 1.70. The fraction of sp³-hybridized carbons (Fsp3) is 0.0909. The number of benzene rings is 3. The molecule has 0 saturated heterocycles. The molecule has 8 nitrogen and oxygen atoms in total. The van der Waals surface area contributed by atoms with Crippen LogP contribution >= 0.6 is 0 Å². The number of carbonyl (C=O) groups excluding carboxylic acids is 2. The minimum Gasteiger partial charge on any atom is -0.496 e. The Labute approximate surface area is 172 Å². The Kier molecular flexibility index (Phi) is 6.39. The van der Waals surface area contributed by atoms with E-state index in [1.165, 1.54) is 19.2 Å². The molecular weight excluding hydrogens is 388 g/mol. The van der Waals surface area contributed by atoms with Crippen molar-refractivity contribution in [1.82, 2.24) is 0 Å². The zero-order valence-electron chi connectivity index (χ0n) is 16.0. The highest BCUT2D eigenvalue weighted by atomic mass is 16.6. The average Bonchev–Trinajstić information content (AvgIpc) is 2.78. The predicted molar refractivity (Wildman–Crippen MR) is 110 cm³/mol. The first kappa shape index (κ1) is 20.5. The van der Waals surface area contributed by atoms with Gasteiger partial charge >= 0.3 is 5.97 Å². The van der Waals surface area contributed by atoms with Crippen LogP contribution in [0, 0.1) is 10.1 Å². The molecule has 0 aliphatic carbocycles. The van der Waals surface area contributed by atoms with Crippen molar-refractivity contribution in [3.63, 3.8) is 0 Å². The van der Waals surface area contributed by atoms with Crippen LogP contribution in [0.4, 0.5) is 11.4 Å². The standard InChI is InChI=1S/C22H18N2O6/c1-29-20-12-11-16(24(27)28)13-18(20)22(26)30-14-21(25)23-19-10-6-5-9-17(19)15-7-3-2-4-8-15/h2-13H,14H2,1H3,(H,23,25). The Morgan fingerprint density at radius 2 is 1.70 bits per heavy atom. The number of rotatable bonds is 7. The molecule has 0 fully saturated rings. The number of nitrogens with zero attached hydrogens (tertiary/aromatic N) is 1. The molecule has 152 valence electrons. The zero-order valence-corrected chi connectivity index (χ0v) is 16.0. The van der Waals surface area contributed by atoms with E-state index in [0.29, 0.717) is 5.69 Å². The molecule has 1 amide bonds. The Hall–Kier alpha value is -4.20. The van der Waals surface area contributed by atoms with Crippen molar-refractivity contribution in [3.8, 4) is 16.9 Å². The minimum atomic E-state index is -0.901. The van der Waals surface area contributed by atoms with Crippen molar-refractivity contribution in [3.05, 3.63) is 88.5 Å². The summed E-state index contributed by atoms with van der Waals surface area (Å²) in [7, 11) is 1.32. The number of esters is 1. The average molecular weight is 406 g/mol. The van der Waals surface area contributed by atoms with Crippen molar-refractivity contribution >= 4 is 23.3 Å². The highest BCUT2D eigenvalue weighted by Crippen LogP contribution is 2.28.